The zero-order valence-corrected chi connectivity index (χ0v) is 29.6. The molecule has 2 aromatic heterocycles. The summed E-state index contributed by atoms with van der Waals surface area (Å²) in [6.45, 7) is 11.1. The minimum atomic E-state index is -4.54. The van der Waals surface area contributed by atoms with Crippen molar-refractivity contribution in [2.24, 2.45) is 40.5 Å². The lowest BCUT2D eigenvalue weighted by molar-refractivity contribution is -0.0503. The van der Waals surface area contributed by atoms with Crippen molar-refractivity contribution in [2.75, 3.05) is 19.7 Å². The fourth-order valence-corrected chi connectivity index (χ4v) is 12.0. The van der Waals surface area contributed by atoms with Gasteiger partial charge in [0.2, 0.25) is 0 Å². The van der Waals surface area contributed by atoms with Crippen LogP contribution in [0, 0.1) is 35.5 Å². The summed E-state index contributed by atoms with van der Waals surface area (Å²) in [5, 5.41) is 18.9. The monoisotopic (exact) mass is 693 g/mol. The number of aromatic nitrogens is 6. The van der Waals surface area contributed by atoms with Gasteiger partial charge in [-0.05, 0) is 126 Å². The molecule has 1 N–H and O–H groups in total. The molecule has 0 radical (unpaired) electrons. The molecular weight excluding hydrogens is 643 g/mol. The van der Waals surface area contributed by atoms with Crippen LogP contribution in [0.4, 0.5) is 0 Å². The van der Waals surface area contributed by atoms with E-state index in [-0.39, 0.29) is 24.2 Å². The minimum Gasteiger partial charge on any atom is -0.348 e. The van der Waals surface area contributed by atoms with Gasteiger partial charge in [-0.1, -0.05) is 17.0 Å². The summed E-state index contributed by atoms with van der Waals surface area (Å²) < 4.78 is 40.3. The Hall–Kier alpha value is -2.94. The van der Waals surface area contributed by atoms with Crippen molar-refractivity contribution >= 4 is 17.1 Å². The summed E-state index contributed by atoms with van der Waals surface area (Å²) >= 11 is 0. The molecular formula is C35H51N9O4S. The van der Waals surface area contributed by atoms with E-state index in [1.807, 2.05) is 6.92 Å². The molecule has 8 aliphatic rings. The third-order valence-corrected chi connectivity index (χ3v) is 13.2. The van der Waals surface area contributed by atoms with Gasteiger partial charge in [-0.25, -0.2) is 13.5 Å². The van der Waals surface area contributed by atoms with Crippen LogP contribution in [0.2, 0.25) is 0 Å². The third kappa shape index (κ3) is 6.90. The van der Waals surface area contributed by atoms with Gasteiger partial charge in [-0.15, -0.1) is 10.2 Å². The highest BCUT2D eigenvalue weighted by Gasteiger charge is 2.53. The van der Waals surface area contributed by atoms with E-state index in [4.69, 9.17) is 25.2 Å². The van der Waals surface area contributed by atoms with E-state index in [0.29, 0.717) is 31.0 Å². The molecule has 0 aliphatic heterocycles. The van der Waals surface area contributed by atoms with Crippen molar-refractivity contribution in [3.63, 3.8) is 0 Å². The molecule has 0 unspecified atom stereocenters. The molecule has 0 saturated heterocycles. The van der Waals surface area contributed by atoms with Gasteiger partial charge in [-0.3, -0.25) is 14.4 Å². The highest BCUT2D eigenvalue weighted by molar-refractivity contribution is 7.80. The maximum atomic E-state index is 11.1. The van der Waals surface area contributed by atoms with Crippen LogP contribution in [0.5, 0.6) is 0 Å². The number of aliphatic imine (C=N–C) groups is 1. The van der Waals surface area contributed by atoms with E-state index in [0.717, 1.165) is 46.9 Å². The number of nitrogens with zero attached hydrogens (tertiary/aromatic N) is 9. The zero-order chi connectivity index (χ0) is 34.0. The second kappa shape index (κ2) is 12.7. The second-order valence-electron chi connectivity index (χ2n) is 16.7. The molecule has 266 valence electrons. The Bertz CT molecular complexity index is 1560. The van der Waals surface area contributed by atoms with Crippen LogP contribution < -0.4 is 0 Å². The molecule has 0 amide bonds. The van der Waals surface area contributed by atoms with Crippen LogP contribution in [0.15, 0.2) is 41.6 Å². The summed E-state index contributed by atoms with van der Waals surface area (Å²) in [4.78, 5) is 8.34. The van der Waals surface area contributed by atoms with Crippen molar-refractivity contribution in [1.82, 2.24) is 39.8 Å². The fraction of sp³-hybridized carbons (Fsp3) is 0.743. The van der Waals surface area contributed by atoms with Gasteiger partial charge in [0.15, 0.2) is 0 Å². The zero-order valence-electron chi connectivity index (χ0n) is 28.7. The molecule has 49 heavy (non-hydrogen) atoms. The molecule has 8 fully saturated rings. The molecule has 13 nitrogen and oxygen atoms in total. The van der Waals surface area contributed by atoms with Crippen molar-refractivity contribution in [3.8, 4) is 0 Å². The van der Waals surface area contributed by atoms with Crippen LogP contribution in [-0.4, -0.2) is 79.2 Å². The maximum absolute atomic E-state index is 11.1. The largest absolute Gasteiger partial charge is 0.397 e. The molecule has 2 heterocycles. The van der Waals surface area contributed by atoms with Crippen LogP contribution in [0.3, 0.4) is 0 Å². The predicted molar refractivity (Wildman–Crippen MR) is 183 cm³/mol. The normalized spacial score (nSPS) is 34.6. The van der Waals surface area contributed by atoms with Gasteiger partial charge in [-0.2, -0.15) is 8.42 Å². The molecule has 0 spiro atoms. The first-order chi connectivity index (χ1) is 23.4. The Labute approximate surface area is 289 Å². The lowest BCUT2D eigenvalue weighted by Crippen LogP contribution is -2.52. The van der Waals surface area contributed by atoms with Gasteiger partial charge in [0.25, 0.3) is 0 Å². The van der Waals surface area contributed by atoms with Crippen LogP contribution in [0.1, 0.15) is 95.4 Å². The first-order valence-electron chi connectivity index (χ1n) is 18.2. The fourth-order valence-electron chi connectivity index (χ4n) is 11.7. The standard InChI is InChI=1S/C35H51N9O4S/c1-24(2)42(4-5-48-49(45,46)47)21-31(36-3)18-41(19-32-22-43(39-37-32)34-12-25-6-26(13-34)8-27(7-25)14-34)20-33-23-44(40-38-33)35-15-28-9-29(16-35)11-30(10-28)17-35/h21-23,25-30H,1,3-20H2,2H3,(H,45,46,47). The average molecular weight is 694 g/mol. The smallest absolute Gasteiger partial charge is 0.348 e. The topological polar surface area (TPSA) is 144 Å². The van der Waals surface area contributed by atoms with Crippen LogP contribution in [-0.2, 0) is 38.7 Å². The van der Waals surface area contributed by atoms with E-state index in [1.165, 1.54) is 77.0 Å². The summed E-state index contributed by atoms with van der Waals surface area (Å²) in [5.41, 5.74) is 3.36. The first-order valence-corrected chi connectivity index (χ1v) is 19.6. The van der Waals surface area contributed by atoms with E-state index < -0.39 is 10.4 Å². The Balaban J connectivity index is 1.03. The summed E-state index contributed by atoms with van der Waals surface area (Å²) in [6.07, 6.45) is 21.7. The average Bonchev–Trinajstić information content (AvgIpc) is 3.69. The van der Waals surface area contributed by atoms with Crippen LogP contribution in [0.25, 0.3) is 0 Å². The number of hydrogen-bond acceptors (Lipinski definition) is 10. The Morgan fingerprint density at radius 2 is 1.33 bits per heavy atom. The molecule has 2 aromatic rings. The van der Waals surface area contributed by atoms with Crippen molar-refractivity contribution in [3.05, 3.63) is 48.0 Å². The van der Waals surface area contributed by atoms with Crippen molar-refractivity contribution in [1.29, 1.82) is 0 Å². The molecule has 14 heteroatoms. The SMILES string of the molecule is C=NC(=CN(CCOS(=O)(=O)O)C(=C)C)CN(Cc1cn(C23CC4CC(CC(C4)C2)C3)nn1)Cc1cn(C23CC4CC(CC(C4)C2)C3)nn1. The number of allylic oxidation sites excluding steroid dienone is 1. The second-order valence-corrected chi connectivity index (χ2v) is 17.8. The summed E-state index contributed by atoms with van der Waals surface area (Å²) in [5.74, 6) is 4.90. The Kier molecular flexibility index (Phi) is 8.60. The molecule has 8 saturated carbocycles. The number of hydrogen-bond donors (Lipinski definition) is 1. The van der Waals surface area contributed by atoms with Crippen molar-refractivity contribution < 1.29 is 17.2 Å². The van der Waals surface area contributed by atoms with Gasteiger partial charge in [0.1, 0.15) is 0 Å². The van der Waals surface area contributed by atoms with Crippen LogP contribution >= 0.6 is 0 Å². The number of rotatable bonds is 15. The minimum absolute atomic E-state index is 0.102. The van der Waals surface area contributed by atoms with E-state index in [2.05, 4.69) is 49.1 Å². The Morgan fingerprint density at radius 1 is 0.898 bits per heavy atom. The van der Waals surface area contributed by atoms with Gasteiger partial charge in [0, 0.05) is 38.1 Å². The first kappa shape index (κ1) is 33.2. The van der Waals surface area contributed by atoms with Crippen molar-refractivity contribution in [2.45, 2.75) is 108 Å². The van der Waals surface area contributed by atoms with Gasteiger partial charge >= 0.3 is 10.4 Å². The molecule has 8 aliphatic carbocycles. The van der Waals surface area contributed by atoms with E-state index in [1.54, 1.807) is 11.1 Å². The van der Waals surface area contributed by atoms with E-state index >= 15 is 0 Å². The predicted octanol–water partition coefficient (Wildman–Crippen LogP) is 4.92. The highest BCUT2D eigenvalue weighted by atomic mass is 32.3. The molecule has 0 aromatic carbocycles. The maximum Gasteiger partial charge on any atom is 0.397 e. The quantitative estimate of drug-likeness (QED) is 0.202. The van der Waals surface area contributed by atoms with E-state index in [9.17, 15) is 8.42 Å². The van der Waals surface area contributed by atoms with Gasteiger partial charge < -0.3 is 4.90 Å². The third-order valence-electron chi connectivity index (χ3n) is 12.8. The molecule has 0 atom stereocenters. The molecule has 8 bridgehead atoms. The Morgan fingerprint density at radius 3 is 1.69 bits per heavy atom. The lowest BCUT2D eigenvalue weighted by Gasteiger charge is -2.56. The summed E-state index contributed by atoms with van der Waals surface area (Å²) in [6, 6.07) is 0. The molecule has 10 rings (SSSR count). The summed E-state index contributed by atoms with van der Waals surface area (Å²) in [7, 11) is -4.54. The lowest BCUT2D eigenvalue weighted by atomic mass is 9.53. The highest BCUT2D eigenvalue weighted by Crippen LogP contribution is 2.59. The van der Waals surface area contributed by atoms with Gasteiger partial charge in [0.05, 0.1) is 47.2 Å².